The molecule has 1 amide bonds. The van der Waals surface area contributed by atoms with Crippen molar-refractivity contribution in [3.8, 4) is 0 Å². The molecule has 1 aromatic rings. The van der Waals surface area contributed by atoms with Crippen LogP contribution in [-0.4, -0.2) is 25.0 Å². The Morgan fingerprint density at radius 3 is 3.27 bits per heavy atom. The van der Waals surface area contributed by atoms with E-state index < -0.39 is 0 Å². The van der Waals surface area contributed by atoms with Gasteiger partial charge < -0.3 is 10.6 Å². The molecule has 82 valence electrons. The summed E-state index contributed by atoms with van der Waals surface area (Å²) in [5, 5.41) is 8.27. The van der Waals surface area contributed by atoms with Gasteiger partial charge in [0.25, 0.3) is 0 Å². The van der Waals surface area contributed by atoms with Crippen LogP contribution < -0.4 is 10.6 Å². The topological polar surface area (TPSA) is 41.1 Å². The fourth-order valence-electron chi connectivity index (χ4n) is 1.79. The van der Waals surface area contributed by atoms with E-state index in [1.54, 1.807) is 11.3 Å². The predicted molar refractivity (Wildman–Crippen MR) is 62.1 cm³/mol. The van der Waals surface area contributed by atoms with Gasteiger partial charge in [-0.3, -0.25) is 4.79 Å². The van der Waals surface area contributed by atoms with Crippen LogP contribution in [0.2, 0.25) is 0 Å². The molecule has 0 aromatic carbocycles. The maximum atomic E-state index is 11.4. The van der Waals surface area contributed by atoms with Crippen LogP contribution in [0.25, 0.3) is 0 Å². The van der Waals surface area contributed by atoms with E-state index in [0.717, 1.165) is 32.4 Å². The van der Waals surface area contributed by atoms with Crippen LogP contribution in [0.5, 0.6) is 0 Å². The monoisotopic (exact) mass is 224 g/mol. The van der Waals surface area contributed by atoms with Crippen LogP contribution >= 0.6 is 11.3 Å². The van der Waals surface area contributed by atoms with E-state index in [9.17, 15) is 4.79 Å². The zero-order chi connectivity index (χ0) is 10.5. The lowest BCUT2D eigenvalue weighted by Crippen LogP contribution is -2.48. The van der Waals surface area contributed by atoms with Crippen LogP contribution in [0.4, 0.5) is 0 Å². The van der Waals surface area contributed by atoms with E-state index in [-0.39, 0.29) is 11.9 Å². The zero-order valence-electron chi connectivity index (χ0n) is 8.66. The van der Waals surface area contributed by atoms with Gasteiger partial charge in [0, 0.05) is 18.0 Å². The minimum absolute atomic E-state index is 0.0266. The van der Waals surface area contributed by atoms with E-state index in [4.69, 9.17) is 0 Å². The quantitative estimate of drug-likeness (QED) is 0.806. The molecule has 1 aliphatic heterocycles. The second kappa shape index (κ2) is 5.28. The molecule has 15 heavy (non-hydrogen) atoms. The molecule has 0 aliphatic carbocycles. The lowest BCUT2D eigenvalue weighted by atomic mass is 10.1. The summed E-state index contributed by atoms with van der Waals surface area (Å²) in [5.74, 6) is 0.160. The molecule has 2 rings (SSSR count). The highest BCUT2D eigenvalue weighted by Crippen LogP contribution is 2.09. The predicted octanol–water partition coefficient (Wildman–Crippen LogP) is 1.16. The number of thiophene rings is 1. The summed E-state index contributed by atoms with van der Waals surface area (Å²) in [7, 11) is 0. The molecule has 1 saturated heterocycles. The molecule has 3 nitrogen and oxygen atoms in total. The van der Waals surface area contributed by atoms with Crippen LogP contribution in [0, 0.1) is 0 Å². The van der Waals surface area contributed by atoms with Crippen molar-refractivity contribution in [2.24, 2.45) is 0 Å². The summed E-state index contributed by atoms with van der Waals surface area (Å²) in [6.45, 7) is 1.72. The molecule has 2 heterocycles. The van der Waals surface area contributed by atoms with E-state index in [0.29, 0.717) is 0 Å². The van der Waals surface area contributed by atoms with E-state index in [1.165, 1.54) is 4.88 Å². The van der Waals surface area contributed by atoms with E-state index in [1.807, 2.05) is 0 Å². The van der Waals surface area contributed by atoms with Crippen molar-refractivity contribution in [1.82, 2.24) is 10.6 Å². The highest BCUT2D eigenvalue weighted by molar-refractivity contribution is 7.09. The van der Waals surface area contributed by atoms with Crippen LogP contribution in [0.15, 0.2) is 17.5 Å². The molecule has 1 aliphatic rings. The number of amides is 1. The van der Waals surface area contributed by atoms with Gasteiger partial charge in [0.15, 0.2) is 0 Å². The number of hydrogen-bond donors (Lipinski definition) is 2. The summed E-state index contributed by atoms with van der Waals surface area (Å²) in [4.78, 5) is 12.8. The molecule has 1 atom stereocenters. The van der Waals surface area contributed by atoms with Gasteiger partial charge in [-0.15, -0.1) is 11.3 Å². The fraction of sp³-hybridized carbons (Fsp3) is 0.545. The molecular formula is C11H16N2OS. The molecule has 0 bridgehead atoms. The largest absolute Gasteiger partial charge is 0.355 e. The second-order valence-electron chi connectivity index (χ2n) is 3.77. The highest BCUT2D eigenvalue weighted by atomic mass is 32.1. The molecule has 1 fully saturated rings. The smallest absolute Gasteiger partial charge is 0.237 e. The average Bonchev–Trinajstić information content (AvgIpc) is 2.74. The standard InChI is InChI=1S/C11H16N2OS/c14-11-10(4-1-6-13-11)12-7-5-9-3-2-8-15-9/h2-3,8,10,12H,1,4-7H2,(H,13,14). The normalized spacial score (nSPS) is 21.3. The van der Waals surface area contributed by atoms with Gasteiger partial charge in [0.2, 0.25) is 5.91 Å². The van der Waals surface area contributed by atoms with Gasteiger partial charge in [-0.05, 0) is 30.7 Å². The number of nitrogens with one attached hydrogen (secondary N) is 2. The maximum Gasteiger partial charge on any atom is 0.237 e. The van der Waals surface area contributed by atoms with Crippen LogP contribution in [0.3, 0.4) is 0 Å². The second-order valence-corrected chi connectivity index (χ2v) is 4.80. The minimum Gasteiger partial charge on any atom is -0.355 e. The van der Waals surface area contributed by atoms with Crippen LogP contribution in [0.1, 0.15) is 17.7 Å². The van der Waals surface area contributed by atoms with Crippen molar-refractivity contribution in [3.63, 3.8) is 0 Å². The lowest BCUT2D eigenvalue weighted by molar-refractivity contribution is -0.124. The number of piperidine rings is 1. The van der Waals surface area contributed by atoms with Crippen molar-refractivity contribution in [1.29, 1.82) is 0 Å². The molecule has 1 unspecified atom stereocenters. The number of hydrogen-bond acceptors (Lipinski definition) is 3. The summed E-state index contributed by atoms with van der Waals surface area (Å²) < 4.78 is 0. The molecular weight excluding hydrogens is 208 g/mol. The van der Waals surface area contributed by atoms with Crippen molar-refractivity contribution in [2.45, 2.75) is 25.3 Å². The van der Waals surface area contributed by atoms with Crippen molar-refractivity contribution in [2.75, 3.05) is 13.1 Å². The van der Waals surface area contributed by atoms with Gasteiger partial charge in [0.1, 0.15) is 0 Å². The number of carbonyl (C=O) groups is 1. The van der Waals surface area contributed by atoms with Gasteiger partial charge in [-0.2, -0.15) is 0 Å². The zero-order valence-corrected chi connectivity index (χ0v) is 9.48. The fourth-order valence-corrected chi connectivity index (χ4v) is 2.50. The highest BCUT2D eigenvalue weighted by Gasteiger charge is 2.20. The Balaban J connectivity index is 1.71. The van der Waals surface area contributed by atoms with Gasteiger partial charge in [0.05, 0.1) is 6.04 Å². The Kier molecular flexibility index (Phi) is 3.75. The van der Waals surface area contributed by atoms with Crippen LogP contribution in [-0.2, 0) is 11.2 Å². The minimum atomic E-state index is 0.0266. The third-order valence-electron chi connectivity index (χ3n) is 2.63. The molecule has 2 N–H and O–H groups in total. The van der Waals surface area contributed by atoms with Crippen molar-refractivity contribution in [3.05, 3.63) is 22.4 Å². The SMILES string of the molecule is O=C1NCCCC1NCCc1cccs1. The van der Waals surface area contributed by atoms with E-state index in [2.05, 4.69) is 28.1 Å². The lowest BCUT2D eigenvalue weighted by Gasteiger charge is -2.22. The Bertz CT molecular complexity index is 310. The van der Waals surface area contributed by atoms with Gasteiger partial charge in [-0.1, -0.05) is 6.07 Å². The first-order chi connectivity index (χ1) is 7.36. The first-order valence-electron chi connectivity index (χ1n) is 5.40. The Hall–Kier alpha value is -0.870. The molecule has 4 heteroatoms. The first kappa shape index (κ1) is 10.6. The Morgan fingerprint density at radius 2 is 2.53 bits per heavy atom. The molecule has 1 aromatic heterocycles. The number of carbonyl (C=O) groups excluding carboxylic acids is 1. The third-order valence-corrected chi connectivity index (χ3v) is 3.56. The Labute approximate surface area is 93.9 Å². The summed E-state index contributed by atoms with van der Waals surface area (Å²) in [5.41, 5.74) is 0. The number of rotatable bonds is 4. The Morgan fingerprint density at radius 1 is 1.60 bits per heavy atom. The maximum absolute atomic E-state index is 11.4. The summed E-state index contributed by atoms with van der Waals surface area (Å²) in [6, 6.07) is 4.22. The third kappa shape index (κ3) is 3.04. The first-order valence-corrected chi connectivity index (χ1v) is 6.28. The molecule has 0 saturated carbocycles. The van der Waals surface area contributed by atoms with E-state index >= 15 is 0 Å². The van der Waals surface area contributed by atoms with Gasteiger partial charge in [-0.25, -0.2) is 0 Å². The van der Waals surface area contributed by atoms with Crippen molar-refractivity contribution >= 4 is 17.2 Å². The molecule has 0 radical (unpaired) electrons. The molecule has 0 spiro atoms. The summed E-state index contributed by atoms with van der Waals surface area (Å²) in [6.07, 6.45) is 3.07. The summed E-state index contributed by atoms with van der Waals surface area (Å²) >= 11 is 1.77. The average molecular weight is 224 g/mol. The van der Waals surface area contributed by atoms with Crippen molar-refractivity contribution < 1.29 is 4.79 Å². The van der Waals surface area contributed by atoms with Gasteiger partial charge >= 0.3 is 0 Å².